The Hall–Kier alpha value is -0.0238. The van der Waals surface area contributed by atoms with Crippen molar-refractivity contribution in [2.24, 2.45) is 0 Å². The second-order valence-corrected chi connectivity index (χ2v) is 0.986. The van der Waals surface area contributed by atoms with Gasteiger partial charge in [0.1, 0.15) is 0 Å². The summed E-state index contributed by atoms with van der Waals surface area (Å²) in [6.07, 6.45) is -5.64. The molecule has 0 saturated heterocycles. The van der Waals surface area contributed by atoms with Gasteiger partial charge in [0.05, 0.1) is 0 Å². The molecule has 0 aromatic rings. The third-order valence-corrected chi connectivity index (χ3v) is 0.341. The zero-order valence-corrected chi connectivity index (χ0v) is 4.44. The molecule has 0 rings (SSSR count). The van der Waals surface area contributed by atoms with Crippen LogP contribution in [-0.4, -0.2) is 81.3 Å². The number of rotatable bonds is 0. The van der Waals surface area contributed by atoms with Crippen molar-refractivity contribution >= 4 is 71.1 Å². The van der Waals surface area contributed by atoms with E-state index in [1.807, 2.05) is 0 Å². The molecule has 0 aliphatic rings. The average molecular weight is 200 g/mol. The Morgan fingerprint density at radius 3 is 1.33 bits per heavy atom. The van der Waals surface area contributed by atoms with Crippen molar-refractivity contribution in [1.29, 1.82) is 0 Å². The van der Waals surface area contributed by atoms with E-state index in [4.69, 9.17) is 10.2 Å². The van der Waals surface area contributed by atoms with Crippen LogP contribution in [0, 0.1) is 0 Å². The third-order valence-electron chi connectivity index (χ3n) is 0.341. The maximum absolute atomic E-state index is 9.86. The first-order valence-electron chi connectivity index (χ1n) is 1.88. The number of carboxylic acid groups (broad SMARTS) is 2. The molecule has 12 heavy (non-hydrogen) atoms. The van der Waals surface area contributed by atoms with Gasteiger partial charge < -0.3 is 19.7 Å². The Labute approximate surface area is 104 Å². The summed E-state index contributed by atoms with van der Waals surface area (Å²) in [7, 11) is 0. The summed E-state index contributed by atoms with van der Waals surface area (Å²) in [5, 5.41) is 15.4. The molecule has 0 bridgehead atoms. The van der Waals surface area contributed by atoms with Gasteiger partial charge in [0.2, 0.25) is 0 Å². The quantitative estimate of drug-likeness (QED) is 0.291. The first kappa shape index (κ1) is 17.9. The molecular weight excluding hydrogens is 195 g/mol. The summed E-state index contributed by atoms with van der Waals surface area (Å²) in [5.41, 5.74) is 0. The van der Waals surface area contributed by atoms with Gasteiger partial charge in [-0.3, -0.25) is 0 Å². The van der Waals surface area contributed by atoms with Gasteiger partial charge in [-0.2, -0.15) is 0 Å². The van der Waals surface area contributed by atoms with E-state index in [0.29, 0.717) is 0 Å². The number of ether oxygens (including phenoxy) is 2. The monoisotopic (exact) mass is 200 g/mol. The molecule has 0 amide bonds. The zero-order valence-electron chi connectivity index (χ0n) is 4.44. The molecule has 0 aromatic heterocycles. The second-order valence-electron chi connectivity index (χ2n) is 0.986. The second kappa shape index (κ2) is 9.07. The Balaban J connectivity index is -0.000000405. The Bertz CT molecular complexity index is 161. The van der Waals surface area contributed by atoms with Crippen LogP contribution >= 0.6 is 0 Å². The first-order valence-corrected chi connectivity index (χ1v) is 1.88. The molecule has 0 spiro atoms. The molecule has 9 heteroatoms. The Morgan fingerprint density at radius 1 is 0.917 bits per heavy atom. The van der Waals surface area contributed by atoms with Gasteiger partial charge in [0.15, 0.2) is 0 Å². The van der Waals surface area contributed by atoms with Crippen LogP contribution in [0.5, 0.6) is 0 Å². The number of carbonyl (C=O) groups is 3. The fourth-order valence-corrected chi connectivity index (χ4v) is 0.163. The van der Waals surface area contributed by atoms with Gasteiger partial charge in [-0.1, -0.05) is 0 Å². The van der Waals surface area contributed by atoms with E-state index < -0.39 is 18.5 Å². The SMILES string of the molecule is O=C(O)OC(=O)OC(=O)O.[MgH2].[NaH]. The molecule has 0 atom stereocenters. The normalized spacial score (nSPS) is 6.67. The molecular formula is C3H5MgNaO7. The maximum atomic E-state index is 9.86. The summed E-state index contributed by atoms with van der Waals surface area (Å²) in [6, 6.07) is 0. The molecule has 0 unspecified atom stereocenters. The van der Waals surface area contributed by atoms with E-state index in [1.54, 1.807) is 0 Å². The Morgan fingerprint density at radius 2 is 1.17 bits per heavy atom. The van der Waals surface area contributed by atoms with E-state index in [1.165, 1.54) is 0 Å². The molecule has 0 aromatic carbocycles. The van der Waals surface area contributed by atoms with Crippen LogP contribution in [0.4, 0.5) is 14.4 Å². The van der Waals surface area contributed by atoms with Gasteiger partial charge in [0, 0.05) is 0 Å². The van der Waals surface area contributed by atoms with Crippen LogP contribution in [0.25, 0.3) is 0 Å². The number of hydrogen-bond donors (Lipinski definition) is 2. The predicted octanol–water partition coefficient (Wildman–Crippen LogP) is -1.07. The number of carbonyl (C=O) groups excluding carboxylic acids is 1. The van der Waals surface area contributed by atoms with Crippen molar-refractivity contribution in [2.45, 2.75) is 0 Å². The van der Waals surface area contributed by atoms with Gasteiger partial charge in [-0.25, -0.2) is 14.4 Å². The van der Waals surface area contributed by atoms with Crippen molar-refractivity contribution in [1.82, 2.24) is 0 Å². The van der Waals surface area contributed by atoms with Crippen molar-refractivity contribution in [3.05, 3.63) is 0 Å². The molecule has 7 nitrogen and oxygen atoms in total. The van der Waals surface area contributed by atoms with Gasteiger partial charge in [-0.05, 0) is 0 Å². The number of hydrogen-bond acceptors (Lipinski definition) is 5. The molecule has 2 N–H and O–H groups in total. The van der Waals surface area contributed by atoms with Gasteiger partial charge in [-0.15, -0.1) is 0 Å². The van der Waals surface area contributed by atoms with Crippen molar-refractivity contribution in [3.8, 4) is 0 Å². The molecule has 0 saturated carbocycles. The summed E-state index contributed by atoms with van der Waals surface area (Å²) < 4.78 is 6.47. The van der Waals surface area contributed by atoms with E-state index in [2.05, 4.69) is 9.47 Å². The summed E-state index contributed by atoms with van der Waals surface area (Å²) >= 11 is 0. The standard InChI is InChI=1S/C3H2O7.Mg.Na.3H/c4-1(5)9-3(8)10-2(6)7;;;;;/h(H,4,5)(H,6,7);;;;;. The minimum atomic E-state index is -1.92. The van der Waals surface area contributed by atoms with E-state index in [-0.39, 0.29) is 52.6 Å². The summed E-state index contributed by atoms with van der Waals surface area (Å²) in [5.74, 6) is 0. The fraction of sp³-hybridized carbons (Fsp3) is 0. The molecule has 62 valence electrons. The van der Waals surface area contributed by atoms with Crippen LogP contribution in [0.2, 0.25) is 0 Å². The van der Waals surface area contributed by atoms with Crippen LogP contribution in [0.1, 0.15) is 0 Å². The molecule has 0 fully saturated rings. The predicted molar refractivity (Wildman–Crippen MR) is 39.3 cm³/mol. The zero-order chi connectivity index (χ0) is 8.15. The average Bonchev–Trinajstić information content (AvgIpc) is 1.58. The van der Waals surface area contributed by atoms with Crippen molar-refractivity contribution < 1.29 is 34.1 Å². The minimum absolute atomic E-state index is 0. The topological polar surface area (TPSA) is 110 Å². The van der Waals surface area contributed by atoms with Gasteiger partial charge in [0.25, 0.3) is 0 Å². The molecule has 0 heterocycles. The third kappa shape index (κ3) is 12.6. The fourth-order valence-electron chi connectivity index (χ4n) is 0.163. The van der Waals surface area contributed by atoms with Crippen LogP contribution in [0.15, 0.2) is 0 Å². The van der Waals surface area contributed by atoms with Crippen LogP contribution in [0.3, 0.4) is 0 Å². The van der Waals surface area contributed by atoms with E-state index in [0.717, 1.165) is 0 Å². The summed E-state index contributed by atoms with van der Waals surface area (Å²) in [4.78, 5) is 28.8. The summed E-state index contributed by atoms with van der Waals surface area (Å²) in [6.45, 7) is 0. The van der Waals surface area contributed by atoms with Crippen molar-refractivity contribution in [2.75, 3.05) is 0 Å². The molecule has 0 aliphatic carbocycles. The van der Waals surface area contributed by atoms with Crippen molar-refractivity contribution in [3.63, 3.8) is 0 Å². The van der Waals surface area contributed by atoms with E-state index >= 15 is 0 Å². The first-order chi connectivity index (χ1) is 4.52. The van der Waals surface area contributed by atoms with Gasteiger partial charge >= 0.3 is 71.1 Å². The van der Waals surface area contributed by atoms with Crippen LogP contribution in [-0.2, 0) is 9.47 Å². The molecule has 0 aliphatic heterocycles. The van der Waals surface area contributed by atoms with E-state index in [9.17, 15) is 14.4 Å². The molecule has 0 radical (unpaired) electrons. The Kier molecular flexibility index (Phi) is 13.5. The van der Waals surface area contributed by atoms with Crippen LogP contribution < -0.4 is 0 Å².